The Morgan fingerprint density at radius 3 is 2.45 bits per heavy atom. The molecule has 0 unspecified atom stereocenters. The van der Waals surface area contributed by atoms with Crippen molar-refractivity contribution in [2.45, 2.75) is 51.9 Å². The molecule has 0 spiro atoms. The van der Waals surface area contributed by atoms with Crippen molar-refractivity contribution < 1.29 is 36.9 Å². The Morgan fingerprint density at radius 2 is 1.82 bits per heavy atom. The average molecular weight is 372 g/mol. The summed E-state index contributed by atoms with van der Waals surface area (Å²) in [5.74, 6) is -0.694. The van der Waals surface area contributed by atoms with Crippen molar-refractivity contribution in [3.8, 4) is 0 Å². The zero-order valence-corrected chi connectivity index (χ0v) is 15.1. The first-order valence-corrected chi connectivity index (χ1v) is 7.37. The van der Waals surface area contributed by atoms with Gasteiger partial charge in [-0.05, 0) is 26.7 Å². The number of halogens is 1. The quantitative estimate of drug-likeness (QED) is 0.560. The van der Waals surface area contributed by atoms with E-state index in [0.717, 1.165) is 25.8 Å². The van der Waals surface area contributed by atoms with Gasteiger partial charge in [-0.25, -0.2) is 0 Å². The minimum absolute atomic E-state index is 0. The van der Waals surface area contributed by atoms with Crippen LogP contribution < -0.4 is 17.0 Å². The first kappa shape index (κ1) is 20.8. The number of hydrogen-bond acceptors (Lipinski definition) is 1. The third-order valence-corrected chi connectivity index (χ3v) is 4.45. The Balaban J connectivity index is 0.00000220. The lowest BCUT2D eigenvalue weighted by Crippen LogP contribution is -3.00. The first-order valence-electron chi connectivity index (χ1n) is 7.37. The van der Waals surface area contributed by atoms with Crippen molar-refractivity contribution in [2.24, 2.45) is 0 Å². The fraction of sp³-hybridized carbons (Fsp3) is 0.529. The van der Waals surface area contributed by atoms with Gasteiger partial charge in [0.25, 0.3) is 0 Å². The summed E-state index contributed by atoms with van der Waals surface area (Å²) < 4.78 is 2.40. The Kier molecular flexibility index (Phi) is 7.98. The Morgan fingerprint density at radius 1 is 1.18 bits per heavy atom. The van der Waals surface area contributed by atoms with Crippen LogP contribution in [0.2, 0.25) is 0 Å². The minimum Gasteiger partial charge on any atom is -1.00 e. The Bertz CT molecular complexity index is 553. The SMILES string of the molecule is CC1=[N+](CCCCCC(=O)O)c2ccccc2C1(C)C.O.[Br-]. The van der Waals surface area contributed by atoms with Gasteiger partial charge in [0.15, 0.2) is 5.71 Å². The maximum atomic E-state index is 10.5. The fourth-order valence-electron chi connectivity index (χ4n) is 2.96. The summed E-state index contributed by atoms with van der Waals surface area (Å²) in [7, 11) is 0. The summed E-state index contributed by atoms with van der Waals surface area (Å²) in [4.78, 5) is 10.5. The number of nitrogens with zero attached hydrogens (tertiary/aromatic N) is 1. The second kappa shape index (κ2) is 8.44. The van der Waals surface area contributed by atoms with Gasteiger partial charge in [0.1, 0.15) is 6.54 Å². The van der Waals surface area contributed by atoms with E-state index in [4.69, 9.17) is 5.11 Å². The number of rotatable bonds is 6. The van der Waals surface area contributed by atoms with Crippen molar-refractivity contribution in [1.29, 1.82) is 0 Å². The van der Waals surface area contributed by atoms with Crippen LogP contribution in [0.3, 0.4) is 0 Å². The molecule has 0 saturated carbocycles. The van der Waals surface area contributed by atoms with Crippen LogP contribution in [-0.4, -0.2) is 33.4 Å². The smallest absolute Gasteiger partial charge is 0.303 e. The van der Waals surface area contributed by atoms with Gasteiger partial charge in [-0.15, -0.1) is 0 Å². The van der Waals surface area contributed by atoms with Crippen molar-refractivity contribution in [2.75, 3.05) is 6.54 Å². The standard InChI is InChI=1S/C17H23NO2.BrH.H2O/c1-13-17(2,3)14-9-6-7-10-15(14)18(13)12-8-4-5-11-16(19)20;;/h6-7,9-10H,4-5,8,11-12H2,1-3H3;1H;1H2. The molecule has 1 heterocycles. The lowest BCUT2D eigenvalue weighted by molar-refractivity contribution is -0.439. The molecule has 0 amide bonds. The number of carbonyl (C=O) groups is 1. The van der Waals surface area contributed by atoms with Gasteiger partial charge in [0, 0.05) is 31.4 Å². The maximum Gasteiger partial charge on any atom is 0.303 e. The van der Waals surface area contributed by atoms with E-state index in [1.54, 1.807) is 0 Å². The third-order valence-electron chi connectivity index (χ3n) is 4.45. The molecular weight excluding hydrogens is 346 g/mol. The van der Waals surface area contributed by atoms with E-state index in [9.17, 15) is 4.79 Å². The van der Waals surface area contributed by atoms with E-state index >= 15 is 0 Å². The highest BCUT2D eigenvalue weighted by molar-refractivity contribution is 5.93. The summed E-state index contributed by atoms with van der Waals surface area (Å²) in [6.07, 6.45) is 3.06. The van der Waals surface area contributed by atoms with E-state index < -0.39 is 5.97 Å². The Labute approximate surface area is 142 Å². The molecule has 0 aromatic heterocycles. The molecule has 0 saturated heterocycles. The fourth-order valence-corrected chi connectivity index (χ4v) is 2.96. The molecule has 1 aromatic rings. The van der Waals surface area contributed by atoms with Gasteiger partial charge in [-0.3, -0.25) is 4.79 Å². The number of aliphatic carboxylic acids is 1. The summed E-state index contributed by atoms with van der Waals surface area (Å²) in [5, 5.41) is 8.65. The van der Waals surface area contributed by atoms with Crippen molar-refractivity contribution in [3.63, 3.8) is 0 Å². The molecule has 1 aromatic carbocycles. The van der Waals surface area contributed by atoms with Crippen LogP contribution in [0, 0.1) is 0 Å². The van der Waals surface area contributed by atoms with Gasteiger partial charge in [0.05, 0.1) is 5.41 Å². The van der Waals surface area contributed by atoms with Gasteiger partial charge in [-0.2, -0.15) is 4.58 Å². The molecule has 0 bridgehead atoms. The van der Waals surface area contributed by atoms with E-state index in [-0.39, 0.29) is 34.3 Å². The highest BCUT2D eigenvalue weighted by atomic mass is 79.9. The van der Waals surface area contributed by atoms with E-state index in [0.29, 0.717) is 0 Å². The number of carboxylic acids is 1. The number of unbranched alkanes of at least 4 members (excludes halogenated alkanes) is 2. The lowest BCUT2D eigenvalue weighted by atomic mass is 9.82. The van der Waals surface area contributed by atoms with Gasteiger partial charge in [0.2, 0.25) is 5.69 Å². The molecule has 0 aliphatic carbocycles. The van der Waals surface area contributed by atoms with Crippen LogP contribution in [0.25, 0.3) is 0 Å². The predicted octanol–water partition coefficient (Wildman–Crippen LogP) is -0.0930. The molecule has 0 radical (unpaired) electrons. The van der Waals surface area contributed by atoms with Crippen LogP contribution in [0.1, 0.15) is 52.0 Å². The van der Waals surface area contributed by atoms with Crippen LogP contribution in [0.4, 0.5) is 5.69 Å². The number of para-hydroxylation sites is 1. The normalized spacial score (nSPS) is 14.9. The van der Waals surface area contributed by atoms with E-state index in [1.165, 1.54) is 17.0 Å². The minimum atomic E-state index is -0.694. The first-order chi connectivity index (χ1) is 9.44. The molecule has 5 heteroatoms. The number of carboxylic acid groups (broad SMARTS) is 1. The second-order valence-electron chi connectivity index (χ2n) is 6.08. The third kappa shape index (κ3) is 4.17. The summed E-state index contributed by atoms with van der Waals surface area (Å²) in [5.41, 5.74) is 4.19. The van der Waals surface area contributed by atoms with Crippen molar-refractivity contribution in [3.05, 3.63) is 29.8 Å². The molecular formula is C17H26BrNO3. The highest BCUT2D eigenvalue weighted by Crippen LogP contribution is 2.39. The topological polar surface area (TPSA) is 71.8 Å². The van der Waals surface area contributed by atoms with Gasteiger partial charge in [-0.1, -0.05) is 18.2 Å². The number of benzene rings is 1. The average Bonchev–Trinajstić information content (AvgIpc) is 2.59. The molecule has 1 aliphatic heterocycles. The summed E-state index contributed by atoms with van der Waals surface area (Å²) >= 11 is 0. The zero-order valence-electron chi connectivity index (χ0n) is 13.5. The Hall–Kier alpha value is -1.20. The number of hydrogen-bond donors (Lipinski definition) is 1. The monoisotopic (exact) mass is 371 g/mol. The summed E-state index contributed by atoms with van der Waals surface area (Å²) in [6, 6.07) is 8.59. The lowest BCUT2D eigenvalue weighted by Gasteiger charge is -2.14. The second-order valence-corrected chi connectivity index (χ2v) is 6.08. The molecule has 0 fully saturated rings. The van der Waals surface area contributed by atoms with Crippen LogP contribution >= 0.6 is 0 Å². The zero-order chi connectivity index (χ0) is 14.8. The predicted molar refractivity (Wildman–Crippen MR) is 84.7 cm³/mol. The summed E-state index contributed by atoms with van der Waals surface area (Å²) in [6.45, 7) is 7.72. The molecule has 4 nitrogen and oxygen atoms in total. The van der Waals surface area contributed by atoms with Crippen LogP contribution in [-0.2, 0) is 10.2 Å². The van der Waals surface area contributed by atoms with E-state index in [2.05, 4.69) is 49.6 Å². The molecule has 1 aliphatic rings. The molecule has 124 valence electrons. The molecule has 22 heavy (non-hydrogen) atoms. The van der Waals surface area contributed by atoms with Gasteiger partial charge >= 0.3 is 5.97 Å². The van der Waals surface area contributed by atoms with Gasteiger partial charge < -0.3 is 27.6 Å². The maximum absolute atomic E-state index is 10.5. The van der Waals surface area contributed by atoms with Crippen LogP contribution in [0.5, 0.6) is 0 Å². The molecule has 0 atom stereocenters. The van der Waals surface area contributed by atoms with E-state index in [1.807, 2.05) is 0 Å². The highest BCUT2D eigenvalue weighted by Gasteiger charge is 2.42. The van der Waals surface area contributed by atoms with Crippen LogP contribution in [0.15, 0.2) is 24.3 Å². The molecule has 3 N–H and O–H groups in total. The van der Waals surface area contributed by atoms with Crippen molar-refractivity contribution in [1.82, 2.24) is 0 Å². The van der Waals surface area contributed by atoms with Crippen molar-refractivity contribution >= 4 is 17.4 Å². The number of fused-ring (bicyclic) bond motifs is 1. The molecule has 2 rings (SSSR count). The largest absolute Gasteiger partial charge is 1.00 e.